The summed E-state index contributed by atoms with van der Waals surface area (Å²) in [5, 5.41) is 7.84. The van der Waals surface area contributed by atoms with Crippen LogP contribution < -0.4 is 16.0 Å². The third kappa shape index (κ3) is 6.62. The normalized spacial score (nSPS) is 18.1. The van der Waals surface area contributed by atoms with Crippen LogP contribution in [0.4, 0.5) is 9.59 Å². The topological polar surface area (TPSA) is 106 Å². The molecule has 1 aliphatic heterocycles. The molecule has 2 rings (SSSR count). The number of ether oxygens (including phenoxy) is 2. The van der Waals surface area contributed by atoms with Crippen molar-refractivity contribution in [2.45, 2.75) is 51.4 Å². The Balaban J connectivity index is 2.04. The highest BCUT2D eigenvalue weighted by Gasteiger charge is 2.28. The van der Waals surface area contributed by atoms with Gasteiger partial charge in [-0.25, -0.2) is 9.59 Å². The van der Waals surface area contributed by atoms with Crippen molar-refractivity contribution < 1.29 is 23.9 Å². The van der Waals surface area contributed by atoms with Crippen LogP contribution in [-0.2, 0) is 20.7 Å². The van der Waals surface area contributed by atoms with Gasteiger partial charge in [-0.05, 0) is 26.3 Å². The van der Waals surface area contributed by atoms with Gasteiger partial charge in [0, 0.05) is 12.8 Å². The van der Waals surface area contributed by atoms with E-state index in [-0.39, 0.29) is 6.61 Å². The van der Waals surface area contributed by atoms with Gasteiger partial charge >= 0.3 is 12.2 Å². The standard InChI is InChI=1S/C18H25N3O5/c1-18(2,3)26-17(24)19-13(11-12-7-5-4-6-8-12)15(22)20-14-9-10-25-16(23)21-14/h4-8,13-14H,9-11H2,1-3H3,(H,19,24)(H,20,22)(H,21,23)/t13-,14+/m0/s1. The van der Waals surface area contributed by atoms with Crippen molar-refractivity contribution in [3.8, 4) is 0 Å². The van der Waals surface area contributed by atoms with E-state index in [2.05, 4.69) is 16.0 Å². The van der Waals surface area contributed by atoms with Crippen molar-refractivity contribution in [3.05, 3.63) is 35.9 Å². The van der Waals surface area contributed by atoms with Crippen LogP contribution in [0.15, 0.2) is 30.3 Å². The number of carbonyl (C=O) groups excluding carboxylic acids is 3. The van der Waals surface area contributed by atoms with Crippen LogP contribution in [0.2, 0.25) is 0 Å². The molecular weight excluding hydrogens is 338 g/mol. The number of nitrogens with one attached hydrogen (secondary N) is 3. The summed E-state index contributed by atoms with van der Waals surface area (Å²) in [7, 11) is 0. The van der Waals surface area contributed by atoms with Gasteiger partial charge in [-0.15, -0.1) is 0 Å². The molecule has 0 bridgehead atoms. The van der Waals surface area contributed by atoms with E-state index in [4.69, 9.17) is 9.47 Å². The van der Waals surface area contributed by atoms with Gasteiger partial charge in [0.25, 0.3) is 0 Å². The molecule has 0 aromatic heterocycles. The highest BCUT2D eigenvalue weighted by Crippen LogP contribution is 2.09. The zero-order chi connectivity index (χ0) is 19.2. The second-order valence-electron chi connectivity index (χ2n) is 7.02. The summed E-state index contributed by atoms with van der Waals surface area (Å²) in [6, 6.07) is 8.48. The fourth-order valence-electron chi connectivity index (χ4n) is 2.42. The molecule has 8 nitrogen and oxygen atoms in total. The molecular formula is C18H25N3O5. The Morgan fingerprint density at radius 2 is 2.00 bits per heavy atom. The Labute approximate surface area is 152 Å². The zero-order valence-corrected chi connectivity index (χ0v) is 15.2. The second-order valence-corrected chi connectivity index (χ2v) is 7.02. The number of cyclic esters (lactones) is 1. The molecule has 1 saturated heterocycles. The molecule has 0 unspecified atom stereocenters. The van der Waals surface area contributed by atoms with Gasteiger partial charge in [-0.1, -0.05) is 30.3 Å². The Morgan fingerprint density at radius 1 is 1.31 bits per heavy atom. The van der Waals surface area contributed by atoms with E-state index in [0.717, 1.165) is 5.56 Å². The van der Waals surface area contributed by atoms with E-state index >= 15 is 0 Å². The molecule has 26 heavy (non-hydrogen) atoms. The summed E-state index contributed by atoms with van der Waals surface area (Å²) in [4.78, 5) is 36.0. The minimum absolute atomic E-state index is 0.222. The third-order valence-electron chi connectivity index (χ3n) is 3.54. The number of rotatable bonds is 5. The van der Waals surface area contributed by atoms with Crippen LogP contribution >= 0.6 is 0 Å². The number of carbonyl (C=O) groups is 3. The van der Waals surface area contributed by atoms with Crippen LogP contribution in [0.25, 0.3) is 0 Å². The Bertz CT molecular complexity index is 642. The van der Waals surface area contributed by atoms with E-state index < -0.39 is 35.9 Å². The van der Waals surface area contributed by atoms with Gasteiger partial charge in [0.15, 0.2) is 0 Å². The van der Waals surface area contributed by atoms with Crippen molar-refractivity contribution >= 4 is 18.1 Å². The summed E-state index contributed by atoms with van der Waals surface area (Å²) in [5.74, 6) is -0.410. The third-order valence-corrected chi connectivity index (χ3v) is 3.54. The van der Waals surface area contributed by atoms with E-state index in [0.29, 0.717) is 12.8 Å². The van der Waals surface area contributed by atoms with Gasteiger partial charge in [0.05, 0.1) is 6.61 Å². The Kier molecular flexibility index (Phi) is 6.43. The minimum atomic E-state index is -0.841. The molecule has 1 aliphatic rings. The molecule has 8 heteroatoms. The maximum absolute atomic E-state index is 12.7. The monoisotopic (exact) mass is 363 g/mol. The molecule has 142 valence electrons. The van der Waals surface area contributed by atoms with Crippen LogP contribution in [-0.4, -0.2) is 42.5 Å². The lowest BCUT2D eigenvalue weighted by Crippen LogP contribution is -2.57. The van der Waals surface area contributed by atoms with Crippen molar-refractivity contribution in [3.63, 3.8) is 0 Å². The number of amides is 3. The summed E-state index contributed by atoms with van der Waals surface area (Å²) in [6.45, 7) is 5.46. The summed E-state index contributed by atoms with van der Waals surface area (Å²) < 4.78 is 10.0. The summed E-state index contributed by atoms with van der Waals surface area (Å²) in [6.07, 6.45) is -1.06. The van der Waals surface area contributed by atoms with Crippen molar-refractivity contribution in [1.82, 2.24) is 16.0 Å². The first-order valence-corrected chi connectivity index (χ1v) is 8.50. The van der Waals surface area contributed by atoms with Crippen molar-refractivity contribution in [2.75, 3.05) is 6.61 Å². The SMILES string of the molecule is CC(C)(C)OC(=O)N[C@@H](Cc1ccccc1)C(=O)N[C@H]1CCOC(=O)N1. The van der Waals surface area contributed by atoms with Gasteiger partial charge in [0.1, 0.15) is 17.8 Å². The average molecular weight is 363 g/mol. The lowest BCUT2D eigenvalue weighted by molar-refractivity contribution is -0.124. The average Bonchev–Trinajstić information content (AvgIpc) is 2.53. The van der Waals surface area contributed by atoms with Gasteiger partial charge in [-0.3, -0.25) is 4.79 Å². The molecule has 0 saturated carbocycles. The minimum Gasteiger partial charge on any atom is -0.449 e. The molecule has 1 aromatic rings. The molecule has 1 fully saturated rings. The van der Waals surface area contributed by atoms with Crippen LogP contribution in [0.5, 0.6) is 0 Å². The van der Waals surface area contributed by atoms with E-state index in [1.165, 1.54) is 0 Å². The highest BCUT2D eigenvalue weighted by molar-refractivity contribution is 5.86. The van der Waals surface area contributed by atoms with Crippen molar-refractivity contribution in [1.29, 1.82) is 0 Å². The number of hydrogen-bond acceptors (Lipinski definition) is 5. The molecule has 0 radical (unpaired) electrons. The predicted molar refractivity (Wildman–Crippen MR) is 94.3 cm³/mol. The van der Waals surface area contributed by atoms with E-state index in [1.807, 2.05) is 30.3 Å². The van der Waals surface area contributed by atoms with Crippen molar-refractivity contribution in [2.24, 2.45) is 0 Å². The molecule has 1 aromatic carbocycles. The quantitative estimate of drug-likeness (QED) is 0.738. The van der Waals surface area contributed by atoms with E-state index in [1.54, 1.807) is 20.8 Å². The molecule has 0 spiro atoms. The molecule has 0 aliphatic carbocycles. The fraction of sp³-hybridized carbons (Fsp3) is 0.500. The molecule has 3 N–H and O–H groups in total. The zero-order valence-electron chi connectivity index (χ0n) is 15.2. The lowest BCUT2D eigenvalue weighted by Gasteiger charge is -2.27. The van der Waals surface area contributed by atoms with Crippen LogP contribution in [0.3, 0.4) is 0 Å². The van der Waals surface area contributed by atoms with Gasteiger partial charge in [-0.2, -0.15) is 0 Å². The summed E-state index contributed by atoms with van der Waals surface area (Å²) >= 11 is 0. The number of benzene rings is 1. The summed E-state index contributed by atoms with van der Waals surface area (Å²) in [5.41, 5.74) is 0.215. The van der Waals surface area contributed by atoms with Gasteiger partial charge in [0.2, 0.25) is 5.91 Å². The lowest BCUT2D eigenvalue weighted by atomic mass is 10.1. The predicted octanol–water partition coefficient (Wildman–Crippen LogP) is 1.69. The first-order chi connectivity index (χ1) is 12.2. The first-order valence-electron chi connectivity index (χ1n) is 8.50. The first kappa shape index (κ1) is 19.6. The van der Waals surface area contributed by atoms with E-state index in [9.17, 15) is 14.4 Å². The maximum Gasteiger partial charge on any atom is 0.408 e. The van der Waals surface area contributed by atoms with Crippen LogP contribution in [0, 0.1) is 0 Å². The second kappa shape index (κ2) is 8.55. The molecule has 3 amide bonds. The molecule has 1 heterocycles. The largest absolute Gasteiger partial charge is 0.449 e. The Hall–Kier alpha value is -2.77. The van der Waals surface area contributed by atoms with Crippen LogP contribution in [0.1, 0.15) is 32.8 Å². The van der Waals surface area contributed by atoms with Gasteiger partial charge < -0.3 is 25.4 Å². The highest BCUT2D eigenvalue weighted by atomic mass is 16.6. The fourth-order valence-corrected chi connectivity index (χ4v) is 2.42. The Morgan fingerprint density at radius 3 is 2.62 bits per heavy atom. The smallest absolute Gasteiger partial charge is 0.408 e. The maximum atomic E-state index is 12.7. The molecule has 2 atom stereocenters. The number of hydrogen-bond donors (Lipinski definition) is 3. The number of alkyl carbamates (subject to hydrolysis) is 2.